The Morgan fingerprint density at radius 2 is 2.35 bits per heavy atom. The van der Waals surface area contributed by atoms with Crippen LogP contribution >= 0.6 is 0 Å². The molecule has 1 saturated carbocycles. The standard InChI is InChI=1S/C13H22N2O2/c1-15(8-12-4-3-7-17-12)13(9-14,10-16-2)11-5-6-11/h3-4,7,11H,5-6,8-10,14H2,1-2H3. The maximum Gasteiger partial charge on any atom is 0.117 e. The first-order valence-electron chi connectivity index (χ1n) is 6.15. The minimum atomic E-state index is -0.0401. The highest BCUT2D eigenvalue weighted by Gasteiger charge is 2.47. The molecule has 1 fully saturated rings. The third kappa shape index (κ3) is 2.54. The van der Waals surface area contributed by atoms with Gasteiger partial charge in [0.05, 0.1) is 25.0 Å². The van der Waals surface area contributed by atoms with Crippen molar-refractivity contribution in [3.63, 3.8) is 0 Å². The molecule has 0 spiro atoms. The molecule has 0 bridgehead atoms. The van der Waals surface area contributed by atoms with Crippen LogP contribution in [0.3, 0.4) is 0 Å². The van der Waals surface area contributed by atoms with E-state index in [1.54, 1.807) is 13.4 Å². The van der Waals surface area contributed by atoms with Crippen LogP contribution in [0.4, 0.5) is 0 Å². The summed E-state index contributed by atoms with van der Waals surface area (Å²) in [6.45, 7) is 2.10. The van der Waals surface area contributed by atoms with Crippen LogP contribution in [-0.4, -0.2) is 37.7 Å². The van der Waals surface area contributed by atoms with Crippen LogP contribution in [0.5, 0.6) is 0 Å². The van der Waals surface area contributed by atoms with E-state index in [1.165, 1.54) is 12.8 Å². The average Bonchev–Trinajstić information content (AvgIpc) is 3.05. The SMILES string of the molecule is COCC(CN)(C1CC1)N(C)Cc1ccco1. The van der Waals surface area contributed by atoms with Gasteiger partial charge in [-0.3, -0.25) is 4.90 Å². The quantitative estimate of drug-likeness (QED) is 0.781. The summed E-state index contributed by atoms with van der Waals surface area (Å²) in [6, 6.07) is 3.91. The summed E-state index contributed by atoms with van der Waals surface area (Å²) in [7, 11) is 3.85. The van der Waals surface area contributed by atoms with Crippen molar-refractivity contribution >= 4 is 0 Å². The number of nitrogens with two attached hydrogens (primary N) is 1. The monoisotopic (exact) mass is 238 g/mol. The fourth-order valence-corrected chi connectivity index (χ4v) is 2.59. The first-order valence-corrected chi connectivity index (χ1v) is 6.15. The lowest BCUT2D eigenvalue weighted by molar-refractivity contribution is 0.00720. The Morgan fingerprint density at radius 3 is 2.82 bits per heavy atom. The summed E-state index contributed by atoms with van der Waals surface area (Å²) >= 11 is 0. The van der Waals surface area contributed by atoms with Crippen molar-refractivity contribution in [2.24, 2.45) is 11.7 Å². The summed E-state index contributed by atoms with van der Waals surface area (Å²) in [4.78, 5) is 2.28. The third-order valence-electron chi connectivity index (χ3n) is 3.82. The maximum absolute atomic E-state index is 6.01. The van der Waals surface area contributed by atoms with Crippen molar-refractivity contribution in [3.8, 4) is 0 Å². The van der Waals surface area contributed by atoms with Crippen LogP contribution in [-0.2, 0) is 11.3 Å². The zero-order valence-corrected chi connectivity index (χ0v) is 10.7. The van der Waals surface area contributed by atoms with Gasteiger partial charge < -0.3 is 14.9 Å². The number of furan rings is 1. The second-order valence-electron chi connectivity index (χ2n) is 4.95. The molecule has 1 atom stereocenters. The van der Waals surface area contributed by atoms with Crippen molar-refractivity contribution in [1.82, 2.24) is 4.90 Å². The lowest BCUT2D eigenvalue weighted by atomic mass is 9.92. The lowest BCUT2D eigenvalue weighted by Gasteiger charge is -2.40. The highest BCUT2D eigenvalue weighted by molar-refractivity contribution is 5.05. The Morgan fingerprint density at radius 1 is 1.59 bits per heavy atom. The second kappa shape index (κ2) is 5.21. The van der Waals surface area contributed by atoms with Crippen LogP contribution in [0.1, 0.15) is 18.6 Å². The molecule has 1 heterocycles. The van der Waals surface area contributed by atoms with Gasteiger partial charge in [-0.1, -0.05) is 0 Å². The normalized spacial score (nSPS) is 19.5. The highest BCUT2D eigenvalue weighted by atomic mass is 16.5. The molecule has 1 aliphatic carbocycles. The molecule has 1 aromatic rings. The zero-order chi connectivity index (χ0) is 12.3. The second-order valence-corrected chi connectivity index (χ2v) is 4.95. The zero-order valence-electron chi connectivity index (χ0n) is 10.7. The van der Waals surface area contributed by atoms with Crippen molar-refractivity contribution in [2.45, 2.75) is 24.9 Å². The van der Waals surface area contributed by atoms with Crippen LogP contribution in [0.2, 0.25) is 0 Å². The molecule has 1 aromatic heterocycles. The van der Waals surface area contributed by atoms with Gasteiger partial charge in [-0.2, -0.15) is 0 Å². The van der Waals surface area contributed by atoms with Crippen molar-refractivity contribution in [1.29, 1.82) is 0 Å². The van der Waals surface area contributed by atoms with E-state index < -0.39 is 0 Å². The Hall–Kier alpha value is -0.840. The van der Waals surface area contributed by atoms with Gasteiger partial charge in [-0.05, 0) is 37.9 Å². The molecule has 0 aliphatic heterocycles. The molecular formula is C13H22N2O2. The molecule has 4 heteroatoms. The lowest BCUT2D eigenvalue weighted by Crippen LogP contribution is -2.56. The summed E-state index contributed by atoms with van der Waals surface area (Å²) in [5, 5.41) is 0. The van der Waals surface area contributed by atoms with E-state index in [9.17, 15) is 0 Å². The Labute approximate surface area is 103 Å². The summed E-state index contributed by atoms with van der Waals surface area (Å²) in [5.41, 5.74) is 5.97. The fourth-order valence-electron chi connectivity index (χ4n) is 2.59. The predicted molar refractivity (Wildman–Crippen MR) is 66.6 cm³/mol. The van der Waals surface area contributed by atoms with E-state index in [4.69, 9.17) is 14.9 Å². The number of hydrogen-bond acceptors (Lipinski definition) is 4. The molecule has 4 nitrogen and oxygen atoms in total. The van der Waals surface area contributed by atoms with Crippen molar-refractivity contribution < 1.29 is 9.15 Å². The Balaban J connectivity index is 2.08. The molecule has 0 radical (unpaired) electrons. The molecule has 0 aromatic carbocycles. The molecule has 2 rings (SSSR count). The van der Waals surface area contributed by atoms with E-state index in [2.05, 4.69) is 11.9 Å². The van der Waals surface area contributed by atoms with E-state index in [1.807, 2.05) is 12.1 Å². The largest absolute Gasteiger partial charge is 0.468 e. The van der Waals surface area contributed by atoms with Crippen LogP contribution in [0.15, 0.2) is 22.8 Å². The number of nitrogens with zero attached hydrogens (tertiary/aromatic N) is 1. The van der Waals surface area contributed by atoms with Crippen LogP contribution in [0.25, 0.3) is 0 Å². The van der Waals surface area contributed by atoms with Crippen molar-refractivity contribution in [2.75, 3.05) is 27.3 Å². The molecular weight excluding hydrogens is 216 g/mol. The number of likely N-dealkylation sites (N-methyl/N-ethyl adjacent to an activating group) is 1. The molecule has 0 amide bonds. The number of ether oxygens (including phenoxy) is 1. The smallest absolute Gasteiger partial charge is 0.117 e. The summed E-state index contributed by atoms with van der Waals surface area (Å²) in [6.07, 6.45) is 4.22. The van der Waals surface area contributed by atoms with Gasteiger partial charge in [0.2, 0.25) is 0 Å². The average molecular weight is 238 g/mol. The first kappa shape index (κ1) is 12.6. The van der Waals surface area contributed by atoms with Gasteiger partial charge in [-0.25, -0.2) is 0 Å². The van der Waals surface area contributed by atoms with E-state index >= 15 is 0 Å². The first-order chi connectivity index (χ1) is 8.23. The van der Waals surface area contributed by atoms with Crippen LogP contribution < -0.4 is 5.73 Å². The van der Waals surface area contributed by atoms with E-state index in [-0.39, 0.29) is 5.54 Å². The summed E-state index contributed by atoms with van der Waals surface area (Å²) < 4.78 is 10.8. The molecule has 17 heavy (non-hydrogen) atoms. The van der Waals surface area contributed by atoms with Gasteiger partial charge in [-0.15, -0.1) is 0 Å². The van der Waals surface area contributed by atoms with Crippen LogP contribution in [0, 0.1) is 5.92 Å². The minimum absolute atomic E-state index is 0.0401. The minimum Gasteiger partial charge on any atom is -0.468 e. The number of methoxy groups -OCH3 is 1. The Bertz CT molecular complexity index is 335. The molecule has 1 aliphatic rings. The maximum atomic E-state index is 6.01. The van der Waals surface area contributed by atoms with Gasteiger partial charge in [0.25, 0.3) is 0 Å². The number of hydrogen-bond donors (Lipinski definition) is 1. The van der Waals surface area contributed by atoms with Gasteiger partial charge in [0, 0.05) is 13.7 Å². The molecule has 2 N–H and O–H groups in total. The van der Waals surface area contributed by atoms with E-state index in [0.717, 1.165) is 12.3 Å². The highest BCUT2D eigenvalue weighted by Crippen LogP contribution is 2.42. The molecule has 1 unspecified atom stereocenters. The topological polar surface area (TPSA) is 51.6 Å². The fraction of sp³-hybridized carbons (Fsp3) is 0.692. The van der Waals surface area contributed by atoms with Gasteiger partial charge in [0.1, 0.15) is 5.76 Å². The van der Waals surface area contributed by atoms with Gasteiger partial charge in [0.15, 0.2) is 0 Å². The molecule has 96 valence electrons. The molecule has 0 saturated heterocycles. The van der Waals surface area contributed by atoms with E-state index in [0.29, 0.717) is 19.1 Å². The number of rotatable bonds is 7. The van der Waals surface area contributed by atoms with Gasteiger partial charge >= 0.3 is 0 Å². The summed E-state index contributed by atoms with van der Waals surface area (Å²) in [5.74, 6) is 1.63. The van der Waals surface area contributed by atoms with Crippen molar-refractivity contribution in [3.05, 3.63) is 24.2 Å². The Kier molecular flexibility index (Phi) is 3.86. The predicted octanol–water partition coefficient (Wildman–Crippen LogP) is 1.47. The third-order valence-corrected chi connectivity index (χ3v) is 3.82.